The monoisotopic (exact) mass is 238 g/mol. The molecule has 2 rings (SSSR count). The number of amides is 1. The van der Waals surface area contributed by atoms with Crippen molar-refractivity contribution in [3.05, 3.63) is 35.5 Å². The van der Waals surface area contributed by atoms with E-state index in [4.69, 9.17) is 0 Å². The summed E-state index contributed by atoms with van der Waals surface area (Å²) in [6.07, 6.45) is 1.51. The van der Waals surface area contributed by atoms with Gasteiger partial charge in [0.1, 0.15) is 5.70 Å². The van der Waals surface area contributed by atoms with Crippen LogP contribution in [0.2, 0.25) is 0 Å². The maximum absolute atomic E-state index is 11.8. The Morgan fingerprint density at radius 3 is 2.69 bits per heavy atom. The quantitative estimate of drug-likeness (QED) is 0.726. The molecule has 0 aromatic heterocycles. The molecule has 0 spiro atoms. The molecule has 1 heterocycles. The SMILES string of the molecule is CNC(=O)C1=Cc2ccccc2S(=O)(=O)N1. The fraction of sp³-hybridized carbons (Fsp3) is 0.100. The van der Waals surface area contributed by atoms with Gasteiger partial charge in [0, 0.05) is 7.05 Å². The highest BCUT2D eigenvalue weighted by molar-refractivity contribution is 7.89. The van der Waals surface area contributed by atoms with Crippen molar-refractivity contribution in [2.45, 2.75) is 4.90 Å². The molecule has 6 heteroatoms. The highest BCUT2D eigenvalue weighted by Crippen LogP contribution is 2.23. The Balaban J connectivity index is 2.61. The van der Waals surface area contributed by atoms with Gasteiger partial charge in [-0.3, -0.25) is 9.52 Å². The van der Waals surface area contributed by atoms with Crippen LogP contribution in [0.5, 0.6) is 0 Å². The van der Waals surface area contributed by atoms with E-state index in [1.54, 1.807) is 18.2 Å². The lowest BCUT2D eigenvalue weighted by molar-refractivity contribution is -0.117. The molecule has 0 saturated carbocycles. The number of sulfonamides is 1. The number of fused-ring (bicyclic) bond motifs is 1. The second-order valence-corrected chi connectivity index (χ2v) is 4.93. The first-order valence-corrected chi connectivity index (χ1v) is 6.08. The molecule has 0 saturated heterocycles. The zero-order chi connectivity index (χ0) is 11.8. The Morgan fingerprint density at radius 2 is 2.00 bits per heavy atom. The van der Waals surface area contributed by atoms with Crippen LogP contribution < -0.4 is 10.0 Å². The molecule has 0 fully saturated rings. The van der Waals surface area contributed by atoms with Crippen molar-refractivity contribution in [1.82, 2.24) is 10.0 Å². The maximum Gasteiger partial charge on any atom is 0.268 e. The molecule has 1 aliphatic heterocycles. The van der Waals surface area contributed by atoms with E-state index in [0.29, 0.717) is 5.56 Å². The standard InChI is InChI=1S/C10H10N2O3S/c1-11-10(13)8-6-7-4-2-3-5-9(7)16(14,15)12-8/h2-6,12H,1H3,(H,11,13). The Bertz CT molecular complexity index is 575. The second kappa shape index (κ2) is 3.64. The summed E-state index contributed by atoms with van der Waals surface area (Å²) in [5.41, 5.74) is 0.543. The van der Waals surface area contributed by atoms with Crippen molar-refractivity contribution < 1.29 is 13.2 Å². The molecule has 0 unspecified atom stereocenters. The molecule has 1 aromatic rings. The first-order chi connectivity index (χ1) is 7.54. The Labute approximate surface area is 93.2 Å². The first kappa shape index (κ1) is 10.7. The van der Waals surface area contributed by atoms with Crippen molar-refractivity contribution in [3.8, 4) is 0 Å². The van der Waals surface area contributed by atoms with Gasteiger partial charge in [-0.25, -0.2) is 8.42 Å². The van der Waals surface area contributed by atoms with Crippen LogP contribution in [0.3, 0.4) is 0 Å². The van der Waals surface area contributed by atoms with Gasteiger partial charge in [-0.2, -0.15) is 0 Å². The first-order valence-electron chi connectivity index (χ1n) is 4.60. The molecule has 0 atom stereocenters. The van der Waals surface area contributed by atoms with Crippen LogP contribution in [0.1, 0.15) is 5.56 Å². The number of hydrogen-bond donors (Lipinski definition) is 2. The summed E-state index contributed by atoms with van der Waals surface area (Å²) in [5, 5.41) is 2.37. The van der Waals surface area contributed by atoms with E-state index >= 15 is 0 Å². The summed E-state index contributed by atoms with van der Waals surface area (Å²) >= 11 is 0. The van der Waals surface area contributed by atoms with E-state index in [-0.39, 0.29) is 10.6 Å². The van der Waals surface area contributed by atoms with E-state index in [1.165, 1.54) is 19.2 Å². The minimum atomic E-state index is -3.63. The van der Waals surface area contributed by atoms with Crippen molar-refractivity contribution in [2.75, 3.05) is 7.05 Å². The average molecular weight is 238 g/mol. The van der Waals surface area contributed by atoms with Gasteiger partial charge in [-0.1, -0.05) is 18.2 Å². The Hall–Kier alpha value is -1.82. The lowest BCUT2D eigenvalue weighted by atomic mass is 10.2. The molecule has 1 amide bonds. The van der Waals surface area contributed by atoms with Crippen molar-refractivity contribution in [2.24, 2.45) is 0 Å². The zero-order valence-corrected chi connectivity index (χ0v) is 9.34. The number of benzene rings is 1. The maximum atomic E-state index is 11.8. The van der Waals surface area contributed by atoms with Crippen LogP contribution >= 0.6 is 0 Å². The fourth-order valence-electron chi connectivity index (χ4n) is 1.48. The van der Waals surface area contributed by atoms with Crippen LogP contribution in [0, 0.1) is 0 Å². The van der Waals surface area contributed by atoms with Crippen LogP contribution in [0.4, 0.5) is 0 Å². The molecule has 0 radical (unpaired) electrons. The van der Waals surface area contributed by atoms with Crippen LogP contribution in [0.25, 0.3) is 6.08 Å². The third kappa shape index (κ3) is 1.67. The summed E-state index contributed by atoms with van der Waals surface area (Å²) in [5.74, 6) is -0.460. The Morgan fingerprint density at radius 1 is 1.31 bits per heavy atom. The number of likely N-dealkylation sites (N-methyl/N-ethyl adjacent to an activating group) is 1. The third-order valence-corrected chi connectivity index (χ3v) is 3.66. The van der Waals surface area contributed by atoms with Gasteiger partial charge in [0.25, 0.3) is 15.9 Å². The van der Waals surface area contributed by atoms with Crippen LogP contribution in [-0.4, -0.2) is 21.4 Å². The molecule has 1 aromatic carbocycles. The predicted octanol–water partition coefficient (Wildman–Crippen LogP) is 0.0654. The molecule has 5 nitrogen and oxygen atoms in total. The highest BCUT2D eigenvalue weighted by atomic mass is 32.2. The zero-order valence-electron chi connectivity index (χ0n) is 8.52. The van der Waals surface area contributed by atoms with E-state index in [1.807, 2.05) is 0 Å². The van der Waals surface area contributed by atoms with Crippen molar-refractivity contribution in [1.29, 1.82) is 0 Å². The number of hydrogen-bond acceptors (Lipinski definition) is 3. The summed E-state index contributed by atoms with van der Waals surface area (Å²) in [6, 6.07) is 6.50. The van der Waals surface area contributed by atoms with Gasteiger partial charge in [0.05, 0.1) is 4.90 Å². The number of carbonyl (C=O) groups is 1. The molecule has 84 valence electrons. The van der Waals surface area contributed by atoms with Crippen LogP contribution in [-0.2, 0) is 14.8 Å². The molecule has 2 N–H and O–H groups in total. The van der Waals surface area contributed by atoms with E-state index in [0.717, 1.165) is 0 Å². The van der Waals surface area contributed by atoms with Gasteiger partial charge in [-0.15, -0.1) is 0 Å². The summed E-state index contributed by atoms with van der Waals surface area (Å²) < 4.78 is 25.8. The summed E-state index contributed by atoms with van der Waals surface area (Å²) in [7, 11) is -2.18. The number of nitrogens with one attached hydrogen (secondary N) is 2. The Kier molecular flexibility index (Phi) is 2.43. The predicted molar refractivity (Wildman–Crippen MR) is 58.8 cm³/mol. The largest absolute Gasteiger partial charge is 0.354 e. The molecule has 0 aliphatic carbocycles. The van der Waals surface area contributed by atoms with Crippen molar-refractivity contribution >= 4 is 22.0 Å². The molecular weight excluding hydrogens is 228 g/mol. The summed E-state index contributed by atoms with van der Waals surface area (Å²) in [4.78, 5) is 11.5. The molecular formula is C10H10N2O3S. The highest BCUT2D eigenvalue weighted by Gasteiger charge is 2.25. The number of carbonyl (C=O) groups excluding carboxylic acids is 1. The minimum absolute atomic E-state index is 0.0289. The van der Waals surface area contributed by atoms with Gasteiger partial charge in [0.2, 0.25) is 0 Å². The second-order valence-electron chi connectivity index (χ2n) is 3.28. The van der Waals surface area contributed by atoms with Crippen molar-refractivity contribution in [3.63, 3.8) is 0 Å². The van der Waals surface area contributed by atoms with Gasteiger partial charge < -0.3 is 5.32 Å². The van der Waals surface area contributed by atoms with Gasteiger partial charge in [0.15, 0.2) is 0 Å². The van der Waals surface area contributed by atoms with E-state index < -0.39 is 15.9 Å². The van der Waals surface area contributed by atoms with Gasteiger partial charge in [-0.05, 0) is 17.7 Å². The van der Waals surface area contributed by atoms with E-state index in [2.05, 4.69) is 10.0 Å². The molecule has 16 heavy (non-hydrogen) atoms. The van der Waals surface area contributed by atoms with E-state index in [9.17, 15) is 13.2 Å². The van der Waals surface area contributed by atoms with Crippen LogP contribution in [0.15, 0.2) is 34.9 Å². The fourth-order valence-corrected chi connectivity index (χ4v) is 2.72. The summed E-state index contributed by atoms with van der Waals surface area (Å²) in [6.45, 7) is 0. The lowest BCUT2D eigenvalue weighted by Gasteiger charge is -2.17. The minimum Gasteiger partial charge on any atom is -0.354 e. The lowest BCUT2D eigenvalue weighted by Crippen LogP contribution is -2.35. The topological polar surface area (TPSA) is 75.3 Å². The smallest absolute Gasteiger partial charge is 0.268 e. The number of rotatable bonds is 1. The average Bonchev–Trinajstić information content (AvgIpc) is 2.27. The van der Waals surface area contributed by atoms with Gasteiger partial charge >= 0.3 is 0 Å². The third-order valence-electron chi connectivity index (χ3n) is 2.22. The molecule has 1 aliphatic rings. The molecule has 0 bridgehead atoms. The normalized spacial score (nSPS) is 16.7.